The number of fused-ring (bicyclic) bond motifs is 1. The maximum atomic E-state index is 11.7. The molecule has 1 amide bonds. The predicted octanol–water partition coefficient (Wildman–Crippen LogP) is 1.12. The number of nitrogens with two attached hydrogens (primary N) is 1. The second-order valence-corrected chi connectivity index (χ2v) is 3.19. The van der Waals surface area contributed by atoms with Crippen LogP contribution in [0.5, 0.6) is 0 Å². The van der Waals surface area contributed by atoms with Crippen molar-refractivity contribution in [3.8, 4) is 0 Å². The topological polar surface area (TPSA) is 68.3 Å². The van der Waals surface area contributed by atoms with E-state index in [1.54, 1.807) is 0 Å². The number of benzene rings is 1. The lowest BCUT2D eigenvalue weighted by molar-refractivity contribution is 0.0955. The standard InChI is InChI=1S/C11H12N2O2/c12-5-6-13-11(14)9-7-15-10-4-2-1-3-8(9)10/h1-4,7H,5-6,12H2,(H,13,14). The predicted molar refractivity (Wildman–Crippen MR) is 57.6 cm³/mol. The molecule has 1 aromatic heterocycles. The van der Waals surface area contributed by atoms with Crippen molar-refractivity contribution in [2.45, 2.75) is 0 Å². The van der Waals surface area contributed by atoms with Crippen LogP contribution in [-0.4, -0.2) is 19.0 Å². The lowest BCUT2D eigenvalue weighted by Crippen LogP contribution is -2.28. The molecule has 0 radical (unpaired) electrons. The van der Waals surface area contributed by atoms with E-state index in [9.17, 15) is 4.79 Å². The number of hydrogen-bond acceptors (Lipinski definition) is 3. The van der Waals surface area contributed by atoms with E-state index < -0.39 is 0 Å². The molecule has 0 aliphatic rings. The molecule has 0 aliphatic heterocycles. The third-order valence-corrected chi connectivity index (χ3v) is 2.16. The first-order valence-corrected chi connectivity index (χ1v) is 4.77. The Morgan fingerprint density at radius 1 is 1.40 bits per heavy atom. The van der Waals surface area contributed by atoms with Crippen molar-refractivity contribution < 1.29 is 9.21 Å². The fourth-order valence-corrected chi connectivity index (χ4v) is 1.43. The summed E-state index contributed by atoms with van der Waals surface area (Å²) in [6, 6.07) is 7.43. The molecule has 0 saturated carbocycles. The lowest BCUT2D eigenvalue weighted by atomic mass is 10.1. The molecular formula is C11H12N2O2. The molecule has 0 aliphatic carbocycles. The van der Waals surface area contributed by atoms with Crippen molar-refractivity contribution in [2.24, 2.45) is 5.73 Å². The largest absolute Gasteiger partial charge is 0.463 e. The number of amides is 1. The normalized spacial score (nSPS) is 10.5. The molecule has 0 spiro atoms. The Morgan fingerprint density at radius 2 is 2.20 bits per heavy atom. The summed E-state index contributed by atoms with van der Waals surface area (Å²) in [7, 11) is 0. The van der Waals surface area contributed by atoms with E-state index in [1.807, 2.05) is 24.3 Å². The van der Waals surface area contributed by atoms with Gasteiger partial charge in [0, 0.05) is 18.5 Å². The molecule has 0 fully saturated rings. The highest BCUT2D eigenvalue weighted by molar-refractivity contribution is 6.05. The van der Waals surface area contributed by atoms with Gasteiger partial charge in [-0.05, 0) is 6.07 Å². The maximum absolute atomic E-state index is 11.7. The van der Waals surface area contributed by atoms with Gasteiger partial charge < -0.3 is 15.5 Å². The van der Waals surface area contributed by atoms with Gasteiger partial charge in [0.1, 0.15) is 11.8 Å². The minimum Gasteiger partial charge on any atom is -0.463 e. The summed E-state index contributed by atoms with van der Waals surface area (Å²) in [5.41, 5.74) is 6.58. The van der Waals surface area contributed by atoms with Gasteiger partial charge >= 0.3 is 0 Å². The van der Waals surface area contributed by atoms with Gasteiger partial charge in [-0.2, -0.15) is 0 Å². The highest BCUT2D eigenvalue weighted by Gasteiger charge is 2.11. The van der Waals surface area contributed by atoms with Crippen molar-refractivity contribution >= 4 is 16.9 Å². The molecule has 15 heavy (non-hydrogen) atoms. The number of furan rings is 1. The fraction of sp³-hybridized carbons (Fsp3) is 0.182. The van der Waals surface area contributed by atoms with Crippen molar-refractivity contribution in [3.63, 3.8) is 0 Å². The molecule has 0 saturated heterocycles. The van der Waals surface area contributed by atoms with E-state index >= 15 is 0 Å². The van der Waals surface area contributed by atoms with Crippen molar-refractivity contribution in [3.05, 3.63) is 36.1 Å². The zero-order valence-corrected chi connectivity index (χ0v) is 8.19. The first-order chi connectivity index (χ1) is 7.33. The second-order valence-electron chi connectivity index (χ2n) is 3.19. The maximum Gasteiger partial charge on any atom is 0.255 e. The fourth-order valence-electron chi connectivity index (χ4n) is 1.43. The van der Waals surface area contributed by atoms with E-state index in [1.165, 1.54) is 6.26 Å². The molecular weight excluding hydrogens is 192 g/mol. The average Bonchev–Trinajstić information content (AvgIpc) is 2.69. The Balaban J connectivity index is 2.31. The molecule has 2 rings (SSSR count). The number of carbonyl (C=O) groups excluding carboxylic acids is 1. The molecule has 0 unspecified atom stereocenters. The van der Waals surface area contributed by atoms with Crippen LogP contribution in [0.3, 0.4) is 0 Å². The summed E-state index contributed by atoms with van der Waals surface area (Å²) in [6.45, 7) is 0.903. The molecule has 2 aromatic rings. The van der Waals surface area contributed by atoms with Crippen LogP contribution in [0.4, 0.5) is 0 Å². The van der Waals surface area contributed by atoms with E-state index in [0.29, 0.717) is 18.7 Å². The zero-order chi connectivity index (χ0) is 10.7. The molecule has 0 bridgehead atoms. The third-order valence-electron chi connectivity index (χ3n) is 2.16. The molecule has 0 atom stereocenters. The molecule has 3 N–H and O–H groups in total. The Labute approximate surface area is 87.1 Å². The smallest absolute Gasteiger partial charge is 0.255 e. The zero-order valence-electron chi connectivity index (χ0n) is 8.19. The molecule has 1 aromatic carbocycles. The quantitative estimate of drug-likeness (QED) is 0.787. The number of nitrogens with one attached hydrogen (secondary N) is 1. The van der Waals surface area contributed by atoms with Crippen LogP contribution in [0.2, 0.25) is 0 Å². The van der Waals surface area contributed by atoms with E-state index in [0.717, 1.165) is 11.0 Å². The van der Waals surface area contributed by atoms with Gasteiger partial charge in [-0.25, -0.2) is 0 Å². The number of para-hydroxylation sites is 1. The summed E-state index contributed by atoms with van der Waals surface area (Å²) >= 11 is 0. The van der Waals surface area contributed by atoms with Crippen LogP contribution in [0, 0.1) is 0 Å². The van der Waals surface area contributed by atoms with Crippen LogP contribution >= 0.6 is 0 Å². The van der Waals surface area contributed by atoms with Crippen molar-refractivity contribution in [1.29, 1.82) is 0 Å². The Bertz CT molecular complexity index is 476. The summed E-state index contributed by atoms with van der Waals surface area (Å²) in [5.74, 6) is -0.148. The first kappa shape index (κ1) is 9.73. The van der Waals surface area contributed by atoms with Gasteiger partial charge in [0.05, 0.1) is 5.56 Å². The summed E-state index contributed by atoms with van der Waals surface area (Å²) < 4.78 is 5.26. The second kappa shape index (κ2) is 4.14. The van der Waals surface area contributed by atoms with E-state index in [2.05, 4.69) is 5.32 Å². The van der Waals surface area contributed by atoms with Gasteiger partial charge in [-0.1, -0.05) is 18.2 Å². The molecule has 78 valence electrons. The van der Waals surface area contributed by atoms with Crippen LogP contribution < -0.4 is 11.1 Å². The number of carbonyl (C=O) groups is 1. The van der Waals surface area contributed by atoms with Gasteiger partial charge in [0.25, 0.3) is 5.91 Å². The Hall–Kier alpha value is -1.81. The van der Waals surface area contributed by atoms with Crippen molar-refractivity contribution in [2.75, 3.05) is 13.1 Å². The van der Waals surface area contributed by atoms with Crippen LogP contribution in [0.15, 0.2) is 34.9 Å². The van der Waals surface area contributed by atoms with Gasteiger partial charge in [-0.3, -0.25) is 4.79 Å². The van der Waals surface area contributed by atoms with E-state index in [4.69, 9.17) is 10.2 Å². The van der Waals surface area contributed by atoms with Crippen molar-refractivity contribution in [1.82, 2.24) is 5.32 Å². The van der Waals surface area contributed by atoms with Crippen LogP contribution in [0.25, 0.3) is 11.0 Å². The Kier molecular flexibility index (Phi) is 2.69. The summed E-state index contributed by atoms with van der Waals surface area (Å²) in [4.78, 5) is 11.7. The molecule has 4 heteroatoms. The lowest BCUT2D eigenvalue weighted by Gasteiger charge is -2.00. The first-order valence-electron chi connectivity index (χ1n) is 4.77. The number of rotatable bonds is 3. The van der Waals surface area contributed by atoms with Gasteiger partial charge in [-0.15, -0.1) is 0 Å². The Morgan fingerprint density at radius 3 is 3.00 bits per heavy atom. The summed E-state index contributed by atoms with van der Waals surface area (Å²) in [6.07, 6.45) is 1.47. The third kappa shape index (κ3) is 1.85. The molecule has 4 nitrogen and oxygen atoms in total. The minimum absolute atomic E-state index is 0.148. The van der Waals surface area contributed by atoms with Crippen LogP contribution in [0.1, 0.15) is 10.4 Å². The number of hydrogen-bond donors (Lipinski definition) is 2. The molecule has 1 heterocycles. The summed E-state index contributed by atoms with van der Waals surface area (Å²) in [5, 5.41) is 3.53. The minimum atomic E-state index is -0.148. The highest BCUT2D eigenvalue weighted by atomic mass is 16.3. The van der Waals surface area contributed by atoms with Gasteiger partial charge in [0.2, 0.25) is 0 Å². The highest BCUT2D eigenvalue weighted by Crippen LogP contribution is 2.20. The SMILES string of the molecule is NCCNC(=O)c1coc2ccccc12. The van der Waals surface area contributed by atoms with Gasteiger partial charge in [0.15, 0.2) is 0 Å². The van der Waals surface area contributed by atoms with Crippen LogP contribution in [-0.2, 0) is 0 Å². The average molecular weight is 204 g/mol. The monoisotopic (exact) mass is 204 g/mol. The van der Waals surface area contributed by atoms with E-state index in [-0.39, 0.29) is 5.91 Å².